The molecule has 34 heavy (non-hydrogen) atoms. The summed E-state index contributed by atoms with van der Waals surface area (Å²) in [6, 6.07) is 16.1. The summed E-state index contributed by atoms with van der Waals surface area (Å²) in [5, 5.41) is 12.0. The Bertz CT molecular complexity index is 1050. The zero-order valence-corrected chi connectivity index (χ0v) is 19.7. The summed E-state index contributed by atoms with van der Waals surface area (Å²) >= 11 is 0. The number of alkyl carbamates (subject to hydrolysis) is 1. The maximum atomic E-state index is 13.1. The monoisotopic (exact) mass is 466 g/mol. The van der Waals surface area contributed by atoms with Gasteiger partial charge in [0.25, 0.3) is 0 Å². The lowest BCUT2D eigenvalue weighted by Gasteiger charge is -2.40. The standard InChI is InChI=1S/C26H30N2O6/c1-25(2,3)34-22(29)26(12-14-28(15-13-26)24(31)32)27-23(30)33-16-21-19-10-6-4-8-17(19)18-9-5-7-11-20(18)21/h4-11,21H,12-16H2,1-3H3,(H,27,30)(H,31,32). The second kappa shape index (κ2) is 9.00. The van der Waals surface area contributed by atoms with Crippen molar-refractivity contribution in [3.63, 3.8) is 0 Å². The van der Waals surface area contributed by atoms with Gasteiger partial charge in [-0.2, -0.15) is 0 Å². The second-order valence-corrected chi connectivity index (χ2v) is 9.80. The second-order valence-electron chi connectivity index (χ2n) is 9.80. The minimum Gasteiger partial charge on any atom is -0.465 e. The predicted molar refractivity (Wildman–Crippen MR) is 126 cm³/mol. The Morgan fingerprint density at radius 2 is 1.53 bits per heavy atom. The van der Waals surface area contributed by atoms with Crippen molar-refractivity contribution in [2.45, 2.75) is 50.7 Å². The van der Waals surface area contributed by atoms with Crippen LogP contribution in [0.1, 0.15) is 50.7 Å². The lowest BCUT2D eigenvalue weighted by Crippen LogP contribution is -2.62. The number of likely N-dealkylation sites (tertiary alicyclic amines) is 1. The first-order valence-electron chi connectivity index (χ1n) is 11.4. The van der Waals surface area contributed by atoms with Crippen molar-refractivity contribution < 1.29 is 29.0 Å². The van der Waals surface area contributed by atoms with Gasteiger partial charge in [-0.3, -0.25) is 0 Å². The average Bonchev–Trinajstić information content (AvgIpc) is 3.10. The molecule has 0 spiro atoms. The molecule has 0 aromatic heterocycles. The normalized spacial score (nSPS) is 16.9. The molecule has 1 aliphatic heterocycles. The van der Waals surface area contributed by atoms with Crippen molar-refractivity contribution in [3.8, 4) is 11.1 Å². The van der Waals surface area contributed by atoms with Gasteiger partial charge in [-0.15, -0.1) is 0 Å². The number of rotatable bonds is 4. The largest absolute Gasteiger partial charge is 0.465 e. The van der Waals surface area contributed by atoms with E-state index in [9.17, 15) is 19.5 Å². The number of carboxylic acid groups (broad SMARTS) is 1. The highest BCUT2D eigenvalue weighted by molar-refractivity contribution is 5.86. The van der Waals surface area contributed by atoms with E-state index in [0.717, 1.165) is 22.3 Å². The van der Waals surface area contributed by atoms with E-state index >= 15 is 0 Å². The number of carbonyl (C=O) groups excluding carboxylic acids is 2. The fourth-order valence-corrected chi connectivity index (χ4v) is 4.67. The van der Waals surface area contributed by atoms with Gasteiger partial charge in [0, 0.05) is 19.0 Å². The van der Waals surface area contributed by atoms with Gasteiger partial charge in [-0.25, -0.2) is 14.4 Å². The SMILES string of the molecule is CC(C)(C)OC(=O)C1(NC(=O)OCC2c3ccccc3-c3ccccc32)CCN(C(=O)O)CC1. The van der Waals surface area contributed by atoms with Crippen molar-refractivity contribution in [2.24, 2.45) is 0 Å². The Kier molecular flexibility index (Phi) is 6.25. The zero-order valence-electron chi connectivity index (χ0n) is 19.7. The summed E-state index contributed by atoms with van der Waals surface area (Å²) in [7, 11) is 0. The summed E-state index contributed by atoms with van der Waals surface area (Å²) in [5.41, 5.74) is 2.33. The van der Waals surface area contributed by atoms with Crippen molar-refractivity contribution in [1.82, 2.24) is 10.2 Å². The van der Waals surface area contributed by atoms with Crippen LogP contribution in [-0.2, 0) is 14.3 Å². The molecule has 1 fully saturated rings. The third-order valence-electron chi connectivity index (χ3n) is 6.36. The summed E-state index contributed by atoms with van der Waals surface area (Å²) in [6.45, 7) is 5.58. The molecule has 2 aliphatic rings. The van der Waals surface area contributed by atoms with E-state index in [2.05, 4.69) is 17.4 Å². The van der Waals surface area contributed by atoms with Gasteiger partial charge in [0.1, 0.15) is 17.7 Å². The molecule has 2 aromatic carbocycles. The molecule has 1 saturated heterocycles. The predicted octanol–water partition coefficient (Wildman–Crippen LogP) is 4.38. The van der Waals surface area contributed by atoms with Crippen molar-refractivity contribution in [2.75, 3.05) is 19.7 Å². The van der Waals surface area contributed by atoms with E-state index < -0.39 is 29.3 Å². The van der Waals surface area contributed by atoms with Crippen molar-refractivity contribution >= 4 is 18.2 Å². The van der Waals surface area contributed by atoms with Gasteiger partial charge >= 0.3 is 18.2 Å². The average molecular weight is 467 g/mol. The van der Waals surface area contributed by atoms with Crippen LogP contribution in [-0.4, -0.2) is 59.0 Å². The Balaban J connectivity index is 1.48. The highest BCUT2D eigenvalue weighted by Gasteiger charge is 2.47. The molecule has 8 nitrogen and oxygen atoms in total. The lowest BCUT2D eigenvalue weighted by atomic mass is 9.87. The molecular formula is C26H30N2O6. The number of benzene rings is 2. The van der Waals surface area contributed by atoms with E-state index in [1.54, 1.807) is 20.8 Å². The van der Waals surface area contributed by atoms with Crippen LogP contribution >= 0.6 is 0 Å². The van der Waals surface area contributed by atoms with Gasteiger partial charge in [-0.05, 0) is 55.9 Å². The van der Waals surface area contributed by atoms with Crippen LogP contribution in [0.5, 0.6) is 0 Å². The molecule has 0 unspecified atom stereocenters. The number of esters is 1. The van der Waals surface area contributed by atoms with E-state index in [-0.39, 0.29) is 38.5 Å². The molecule has 8 heteroatoms. The Hall–Kier alpha value is -3.55. The van der Waals surface area contributed by atoms with Crippen LogP contribution in [0, 0.1) is 0 Å². The minimum absolute atomic E-state index is 0.107. The molecular weight excluding hydrogens is 436 g/mol. The molecule has 2 amide bonds. The lowest BCUT2D eigenvalue weighted by molar-refractivity contribution is -0.165. The molecule has 2 aromatic rings. The third kappa shape index (κ3) is 4.71. The highest BCUT2D eigenvalue weighted by Crippen LogP contribution is 2.44. The molecule has 0 saturated carbocycles. The van der Waals surface area contributed by atoms with E-state index in [1.165, 1.54) is 4.90 Å². The molecule has 4 rings (SSSR count). The fourth-order valence-electron chi connectivity index (χ4n) is 4.67. The van der Waals surface area contributed by atoms with Crippen LogP contribution in [0.2, 0.25) is 0 Å². The number of amides is 2. The number of ether oxygens (including phenoxy) is 2. The molecule has 1 heterocycles. The van der Waals surface area contributed by atoms with Crippen LogP contribution in [0.15, 0.2) is 48.5 Å². The first-order chi connectivity index (χ1) is 16.1. The number of carbonyl (C=O) groups is 3. The molecule has 2 N–H and O–H groups in total. The Labute approximate surface area is 198 Å². The van der Waals surface area contributed by atoms with Gasteiger partial charge in [0.15, 0.2) is 0 Å². The van der Waals surface area contributed by atoms with Crippen LogP contribution in [0.4, 0.5) is 9.59 Å². The number of hydrogen-bond acceptors (Lipinski definition) is 5. The number of nitrogens with one attached hydrogen (secondary N) is 1. The van der Waals surface area contributed by atoms with Crippen LogP contribution < -0.4 is 5.32 Å². The molecule has 0 radical (unpaired) electrons. The number of nitrogens with zero attached hydrogens (tertiary/aromatic N) is 1. The van der Waals surface area contributed by atoms with Gasteiger partial charge in [0.2, 0.25) is 0 Å². The molecule has 0 bridgehead atoms. The quantitative estimate of drug-likeness (QED) is 0.648. The Morgan fingerprint density at radius 3 is 2.03 bits per heavy atom. The highest BCUT2D eigenvalue weighted by atomic mass is 16.6. The van der Waals surface area contributed by atoms with Gasteiger partial charge in [0.05, 0.1) is 0 Å². The smallest absolute Gasteiger partial charge is 0.408 e. The number of piperidine rings is 1. The third-order valence-corrected chi connectivity index (χ3v) is 6.36. The minimum atomic E-state index is -1.35. The summed E-state index contributed by atoms with van der Waals surface area (Å²) in [5.74, 6) is -0.692. The van der Waals surface area contributed by atoms with Crippen molar-refractivity contribution in [3.05, 3.63) is 59.7 Å². The maximum Gasteiger partial charge on any atom is 0.408 e. The molecule has 0 atom stereocenters. The van der Waals surface area contributed by atoms with Gasteiger partial charge in [-0.1, -0.05) is 48.5 Å². The van der Waals surface area contributed by atoms with Crippen LogP contribution in [0.25, 0.3) is 11.1 Å². The fraction of sp³-hybridized carbons (Fsp3) is 0.423. The van der Waals surface area contributed by atoms with E-state index in [1.807, 2.05) is 36.4 Å². The van der Waals surface area contributed by atoms with Crippen molar-refractivity contribution in [1.29, 1.82) is 0 Å². The summed E-state index contributed by atoms with van der Waals surface area (Å²) in [6.07, 6.45) is -1.56. The Morgan fingerprint density at radius 1 is 1.00 bits per heavy atom. The zero-order chi connectivity index (χ0) is 24.5. The summed E-state index contributed by atoms with van der Waals surface area (Å²) in [4.78, 5) is 38.5. The first kappa shape index (κ1) is 23.6. The maximum absolute atomic E-state index is 13.1. The molecule has 1 aliphatic carbocycles. The number of hydrogen-bond donors (Lipinski definition) is 2. The first-order valence-corrected chi connectivity index (χ1v) is 11.4. The summed E-state index contributed by atoms with van der Waals surface area (Å²) < 4.78 is 11.2. The molecule has 180 valence electrons. The van der Waals surface area contributed by atoms with E-state index in [4.69, 9.17) is 9.47 Å². The van der Waals surface area contributed by atoms with Gasteiger partial charge < -0.3 is 24.8 Å². The number of fused-ring (bicyclic) bond motifs is 3. The van der Waals surface area contributed by atoms with E-state index in [0.29, 0.717) is 0 Å². The topological polar surface area (TPSA) is 105 Å². The van der Waals surface area contributed by atoms with Crippen LogP contribution in [0.3, 0.4) is 0 Å².